The maximum atomic E-state index is 5.36. The highest BCUT2D eigenvalue weighted by atomic mass is 32.2. The third-order valence-electron chi connectivity index (χ3n) is 1.86. The van der Waals surface area contributed by atoms with Crippen LogP contribution in [0.3, 0.4) is 0 Å². The van der Waals surface area contributed by atoms with E-state index in [1.807, 2.05) is 30.3 Å². The first-order valence-electron chi connectivity index (χ1n) is 5.27. The van der Waals surface area contributed by atoms with Gasteiger partial charge in [-0.05, 0) is 26.3 Å². The molecule has 1 N–H and O–H groups in total. The molecule has 0 aromatic heterocycles. The van der Waals surface area contributed by atoms with Crippen molar-refractivity contribution in [3.8, 4) is 0 Å². The Morgan fingerprint density at radius 3 is 2.44 bits per heavy atom. The molecule has 86 valence electrons. The highest BCUT2D eigenvalue weighted by molar-refractivity contribution is 7.98. The lowest BCUT2D eigenvalue weighted by Gasteiger charge is -2.17. The van der Waals surface area contributed by atoms with Crippen LogP contribution in [0.5, 0.6) is 0 Å². The van der Waals surface area contributed by atoms with E-state index >= 15 is 0 Å². The van der Waals surface area contributed by atoms with Crippen LogP contribution in [0.2, 0.25) is 0 Å². The van der Waals surface area contributed by atoms with Gasteiger partial charge in [-0.25, -0.2) is 0 Å². The van der Waals surface area contributed by atoms with Crippen molar-refractivity contribution in [1.82, 2.24) is 4.89 Å². The summed E-state index contributed by atoms with van der Waals surface area (Å²) < 4.78 is 5.52. The summed E-state index contributed by atoms with van der Waals surface area (Å²) in [7, 11) is 0.570. The molecule has 2 nitrogen and oxygen atoms in total. The first-order valence-corrected chi connectivity index (χ1v) is 6.09. The second-order valence-corrected chi connectivity index (χ2v) is 6.13. The third-order valence-corrected chi connectivity index (χ3v) is 2.67. The Morgan fingerprint density at radius 2 is 1.94 bits per heavy atom. The Morgan fingerprint density at radius 1 is 1.31 bits per heavy atom. The van der Waals surface area contributed by atoms with Gasteiger partial charge in [-0.3, -0.25) is 0 Å². The SMILES string of the molecule is C=Cc1ccc(BONSC(C)(C)C)cc1. The summed E-state index contributed by atoms with van der Waals surface area (Å²) in [6, 6.07) is 8.14. The Kier molecular flexibility index (Phi) is 5.12. The van der Waals surface area contributed by atoms with Crippen LogP contribution in [0.1, 0.15) is 26.3 Å². The molecule has 0 radical (unpaired) electrons. The molecule has 0 saturated carbocycles. The van der Waals surface area contributed by atoms with Crippen LogP contribution in [0.4, 0.5) is 0 Å². The van der Waals surface area contributed by atoms with E-state index in [0.717, 1.165) is 11.0 Å². The van der Waals surface area contributed by atoms with E-state index in [0.29, 0.717) is 7.48 Å². The van der Waals surface area contributed by atoms with Crippen molar-refractivity contribution in [1.29, 1.82) is 0 Å². The summed E-state index contributed by atoms with van der Waals surface area (Å²) in [4.78, 5) is 2.90. The lowest BCUT2D eigenvalue weighted by molar-refractivity contribution is 0.306. The maximum Gasteiger partial charge on any atom is 0.338 e. The summed E-state index contributed by atoms with van der Waals surface area (Å²) in [5, 5.41) is 0. The fraction of sp³-hybridized carbons (Fsp3) is 0.333. The van der Waals surface area contributed by atoms with Gasteiger partial charge in [0.25, 0.3) is 0 Å². The van der Waals surface area contributed by atoms with Crippen molar-refractivity contribution in [3.05, 3.63) is 36.4 Å². The van der Waals surface area contributed by atoms with E-state index in [4.69, 9.17) is 4.76 Å². The van der Waals surface area contributed by atoms with Crippen molar-refractivity contribution in [3.63, 3.8) is 0 Å². The van der Waals surface area contributed by atoms with E-state index < -0.39 is 0 Å². The minimum Gasteiger partial charge on any atom is -0.352 e. The van der Waals surface area contributed by atoms with Gasteiger partial charge in [0.2, 0.25) is 0 Å². The third kappa shape index (κ3) is 5.40. The van der Waals surface area contributed by atoms with Crippen LogP contribution in [0.25, 0.3) is 6.08 Å². The molecular weight excluding hydrogens is 217 g/mol. The minimum atomic E-state index is 0.159. The highest BCUT2D eigenvalue weighted by Crippen LogP contribution is 2.18. The van der Waals surface area contributed by atoms with E-state index in [-0.39, 0.29) is 4.75 Å². The summed E-state index contributed by atoms with van der Waals surface area (Å²) in [5.74, 6) is 0. The average molecular weight is 235 g/mol. The Balaban J connectivity index is 2.29. The zero-order valence-electron chi connectivity index (χ0n) is 10.1. The lowest BCUT2D eigenvalue weighted by Crippen LogP contribution is -2.25. The Labute approximate surface area is 103 Å². The largest absolute Gasteiger partial charge is 0.352 e. The van der Waals surface area contributed by atoms with Crippen molar-refractivity contribution < 1.29 is 4.76 Å². The van der Waals surface area contributed by atoms with Gasteiger partial charge >= 0.3 is 7.48 Å². The van der Waals surface area contributed by atoms with Crippen molar-refractivity contribution in [2.24, 2.45) is 0 Å². The molecular formula is C12H18BNOS. The molecule has 16 heavy (non-hydrogen) atoms. The predicted octanol–water partition coefficient (Wildman–Crippen LogP) is 2.27. The summed E-state index contributed by atoms with van der Waals surface area (Å²) >= 11 is 1.57. The molecule has 1 aromatic carbocycles. The summed E-state index contributed by atoms with van der Waals surface area (Å²) in [5.41, 5.74) is 2.27. The van der Waals surface area contributed by atoms with E-state index in [2.05, 4.69) is 32.2 Å². The normalized spacial score (nSPS) is 11.2. The molecule has 1 aromatic rings. The van der Waals surface area contributed by atoms with Crippen LogP contribution in [-0.2, 0) is 4.76 Å². The smallest absolute Gasteiger partial charge is 0.338 e. The molecule has 1 rings (SSSR count). The second kappa shape index (κ2) is 6.13. The molecule has 0 unspecified atom stereocenters. The summed E-state index contributed by atoms with van der Waals surface area (Å²) in [6.07, 6.45) is 1.83. The fourth-order valence-corrected chi connectivity index (χ4v) is 1.39. The van der Waals surface area contributed by atoms with Gasteiger partial charge < -0.3 is 4.76 Å². The van der Waals surface area contributed by atoms with Crippen LogP contribution in [0.15, 0.2) is 30.8 Å². The molecule has 4 heteroatoms. The standard InChI is InChI=1S/C12H18BNOS/c1-5-10-6-8-11(9-7-10)13-15-14-16-12(2,3)4/h5-9,13-14H,1H2,2-4H3. The van der Waals surface area contributed by atoms with Gasteiger partial charge in [-0.15, -0.1) is 0 Å². The zero-order chi connectivity index (χ0) is 12.0. The molecule has 0 spiro atoms. The van der Waals surface area contributed by atoms with Gasteiger partial charge in [-0.1, -0.05) is 54.3 Å². The number of nitrogens with one attached hydrogen (secondary N) is 1. The first kappa shape index (κ1) is 13.4. The molecule has 0 saturated heterocycles. The molecule has 0 fully saturated rings. The molecule has 0 heterocycles. The van der Waals surface area contributed by atoms with Gasteiger partial charge in [0.05, 0.1) is 0 Å². The Hall–Kier alpha value is -0.705. The highest BCUT2D eigenvalue weighted by Gasteiger charge is 2.10. The molecule has 0 aliphatic heterocycles. The van der Waals surface area contributed by atoms with E-state index in [9.17, 15) is 0 Å². The lowest BCUT2D eigenvalue weighted by atomic mass is 9.88. The average Bonchev–Trinajstić information content (AvgIpc) is 2.24. The van der Waals surface area contributed by atoms with Crippen LogP contribution < -0.4 is 10.3 Å². The quantitative estimate of drug-likeness (QED) is 0.366. The Bertz CT molecular complexity index is 332. The van der Waals surface area contributed by atoms with Crippen LogP contribution in [0, 0.1) is 0 Å². The van der Waals surface area contributed by atoms with Crippen molar-refractivity contribution >= 4 is 31.0 Å². The number of rotatable bonds is 5. The molecule has 0 bridgehead atoms. The molecule has 0 amide bonds. The topological polar surface area (TPSA) is 21.3 Å². The second-order valence-electron chi connectivity index (χ2n) is 4.53. The molecule has 0 aliphatic rings. The monoisotopic (exact) mass is 235 g/mol. The number of hydrogen-bond donors (Lipinski definition) is 1. The van der Waals surface area contributed by atoms with E-state index in [1.54, 1.807) is 11.9 Å². The fourth-order valence-electron chi connectivity index (χ4n) is 1.02. The van der Waals surface area contributed by atoms with Gasteiger partial charge in [0.15, 0.2) is 0 Å². The maximum absolute atomic E-state index is 5.36. The summed E-state index contributed by atoms with van der Waals surface area (Å²) in [6.45, 7) is 10.1. The van der Waals surface area contributed by atoms with E-state index in [1.165, 1.54) is 0 Å². The number of benzene rings is 1. The first-order chi connectivity index (χ1) is 7.51. The minimum absolute atomic E-state index is 0.159. The van der Waals surface area contributed by atoms with Crippen molar-refractivity contribution in [2.75, 3.05) is 0 Å². The van der Waals surface area contributed by atoms with Gasteiger partial charge in [-0.2, -0.15) is 4.89 Å². The predicted molar refractivity (Wildman–Crippen MR) is 74.9 cm³/mol. The van der Waals surface area contributed by atoms with Crippen LogP contribution in [-0.4, -0.2) is 12.2 Å². The van der Waals surface area contributed by atoms with Crippen LogP contribution >= 0.6 is 11.9 Å². The number of hydrogen-bond acceptors (Lipinski definition) is 3. The zero-order valence-corrected chi connectivity index (χ0v) is 10.9. The van der Waals surface area contributed by atoms with Gasteiger partial charge in [0, 0.05) is 4.75 Å². The van der Waals surface area contributed by atoms with Crippen molar-refractivity contribution in [2.45, 2.75) is 25.5 Å². The molecule has 0 aliphatic carbocycles. The van der Waals surface area contributed by atoms with Gasteiger partial charge in [0.1, 0.15) is 0 Å². The molecule has 0 atom stereocenters.